The van der Waals surface area contributed by atoms with E-state index in [1.165, 1.54) is 4.90 Å². The molecule has 0 bridgehead atoms. The molecule has 1 atom stereocenters. The first-order valence-electron chi connectivity index (χ1n) is 10.8. The number of aryl methyl sites for hydroxylation is 2. The Labute approximate surface area is 201 Å². The Morgan fingerprint density at radius 2 is 1.73 bits per heavy atom. The van der Waals surface area contributed by atoms with Crippen molar-refractivity contribution in [3.05, 3.63) is 64.2 Å². The van der Waals surface area contributed by atoms with Crippen LogP contribution in [-0.4, -0.2) is 50.5 Å². The molecule has 1 N–H and O–H groups in total. The van der Waals surface area contributed by atoms with Crippen LogP contribution < -0.4 is 9.62 Å². The minimum Gasteiger partial charge on any atom is -0.354 e. The van der Waals surface area contributed by atoms with Crippen LogP contribution in [-0.2, 0) is 26.2 Å². The van der Waals surface area contributed by atoms with Crippen molar-refractivity contribution in [2.75, 3.05) is 23.7 Å². The van der Waals surface area contributed by atoms with E-state index in [0.29, 0.717) is 17.3 Å². The predicted octanol–water partition coefficient (Wildman–Crippen LogP) is 3.67. The highest BCUT2D eigenvalue weighted by atomic mass is 35.5. The highest BCUT2D eigenvalue weighted by Gasteiger charge is 2.30. The lowest BCUT2D eigenvalue weighted by molar-refractivity contribution is -0.139. The molecule has 2 aromatic rings. The molecule has 0 unspecified atom stereocenters. The maximum Gasteiger partial charge on any atom is 0.244 e. The zero-order valence-electron chi connectivity index (χ0n) is 19.8. The second-order valence-electron chi connectivity index (χ2n) is 8.17. The van der Waals surface area contributed by atoms with E-state index in [4.69, 9.17) is 11.6 Å². The van der Waals surface area contributed by atoms with E-state index >= 15 is 0 Å². The van der Waals surface area contributed by atoms with Crippen LogP contribution in [0.3, 0.4) is 0 Å². The van der Waals surface area contributed by atoms with Crippen molar-refractivity contribution >= 4 is 39.1 Å². The quantitative estimate of drug-likeness (QED) is 0.547. The second-order valence-corrected chi connectivity index (χ2v) is 10.5. The van der Waals surface area contributed by atoms with Gasteiger partial charge in [-0.25, -0.2) is 8.42 Å². The van der Waals surface area contributed by atoms with Gasteiger partial charge in [0, 0.05) is 18.1 Å². The molecule has 0 aliphatic heterocycles. The van der Waals surface area contributed by atoms with Crippen LogP contribution in [0.1, 0.15) is 37.0 Å². The Bertz CT molecular complexity index is 1090. The van der Waals surface area contributed by atoms with Crippen molar-refractivity contribution in [1.29, 1.82) is 0 Å². The number of hydrogen-bond donors (Lipinski definition) is 1. The number of hydrogen-bond acceptors (Lipinski definition) is 4. The summed E-state index contributed by atoms with van der Waals surface area (Å²) in [5, 5.41) is 3.37. The third-order valence-corrected chi connectivity index (χ3v) is 6.66. The van der Waals surface area contributed by atoms with Crippen molar-refractivity contribution in [2.45, 2.75) is 46.7 Å². The maximum atomic E-state index is 13.5. The molecule has 7 nitrogen and oxygen atoms in total. The minimum atomic E-state index is -3.75. The number of sulfonamides is 1. The van der Waals surface area contributed by atoms with Crippen LogP contribution in [0.4, 0.5) is 5.69 Å². The molecule has 2 rings (SSSR count). The maximum absolute atomic E-state index is 13.5. The molecule has 0 aliphatic carbocycles. The fraction of sp³-hybridized carbons (Fsp3) is 0.417. The van der Waals surface area contributed by atoms with Gasteiger partial charge in [0.15, 0.2) is 0 Å². The van der Waals surface area contributed by atoms with E-state index in [0.717, 1.165) is 33.7 Å². The molecule has 9 heteroatoms. The number of nitrogens with zero attached hydrogens (tertiary/aromatic N) is 2. The predicted molar refractivity (Wildman–Crippen MR) is 133 cm³/mol. The van der Waals surface area contributed by atoms with E-state index in [2.05, 4.69) is 5.32 Å². The lowest BCUT2D eigenvalue weighted by Crippen LogP contribution is -2.51. The van der Waals surface area contributed by atoms with Crippen molar-refractivity contribution in [3.8, 4) is 0 Å². The molecular weight excluding hydrogens is 462 g/mol. The van der Waals surface area contributed by atoms with Gasteiger partial charge in [-0.3, -0.25) is 13.9 Å². The molecule has 0 saturated carbocycles. The second kappa shape index (κ2) is 11.5. The number of carbonyl (C=O) groups excluding carboxylic acids is 2. The van der Waals surface area contributed by atoms with Crippen molar-refractivity contribution in [2.24, 2.45) is 0 Å². The molecule has 0 heterocycles. The highest BCUT2D eigenvalue weighted by Crippen LogP contribution is 2.24. The summed E-state index contributed by atoms with van der Waals surface area (Å²) in [4.78, 5) is 27.5. The number of rotatable bonds is 10. The zero-order valence-corrected chi connectivity index (χ0v) is 21.3. The van der Waals surface area contributed by atoms with Crippen LogP contribution in [0.25, 0.3) is 0 Å². The van der Waals surface area contributed by atoms with Gasteiger partial charge in [0.1, 0.15) is 12.6 Å². The topological polar surface area (TPSA) is 86.8 Å². The zero-order chi connectivity index (χ0) is 24.8. The molecule has 0 aromatic heterocycles. The first-order valence-corrected chi connectivity index (χ1v) is 13.0. The average molecular weight is 494 g/mol. The summed E-state index contributed by atoms with van der Waals surface area (Å²) >= 11 is 5.98. The smallest absolute Gasteiger partial charge is 0.244 e. The van der Waals surface area contributed by atoms with Gasteiger partial charge >= 0.3 is 0 Å². The lowest BCUT2D eigenvalue weighted by Gasteiger charge is -2.32. The van der Waals surface area contributed by atoms with Gasteiger partial charge in [-0.2, -0.15) is 0 Å². The summed E-state index contributed by atoms with van der Waals surface area (Å²) in [6, 6.07) is 11.5. The van der Waals surface area contributed by atoms with E-state index in [1.807, 2.05) is 19.9 Å². The highest BCUT2D eigenvalue weighted by molar-refractivity contribution is 7.92. The lowest BCUT2D eigenvalue weighted by atomic mass is 10.1. The number of carbonyl (C=O) groups is 2. The Morgan fingerprint density at radius 1 is 1.09 bits per heavy atom. The molecule has 0 spiro atoms. The fourth-order valence-electron chi connectivity index (χ4n) is 3.45. The molecule has 180 valence electrons. The third-order valence-electron chi connectivity index (χ3n) is 5.28. The van der Waals surface area contributed by atoms with Crippen molar-refractivity contribution in [3.63, 3.8) is 0 Å². The van der Waals surface area contributed by atoms with Gasteiger partial charge in [0.25, 0.3) is 0 Å². The largest absolute Gasteiger partial charge is 0.354 e. The van der Waals surface area contributed by atoms with E-state index in [9.17, 15) is 18.0 Å². The summed E-state index contributed by atoms with van der Waals surface area (Å²) in [6.07, 6.45) is 1.83. The summed E-state index contributed by atoms with van der Waals surface area (Å²) in [6.45, 7) is 7.51. The van der Waals surface area contributed by atoms with Crippen molar-refractivity contribution in [1.82, 2.24) is 10.2 Å². The first-order chi connectivity index (χ1) is 15.4. The number of anilines is 1. The number of halogens is 1. The minimum absolute atomic E-state index is 0.140. The van der Waals surface area contributed by atoms with E-state index in [1.54, 1.807) is 50.2 Å². The van der Waals surface area contributed by atoms with Crippen LogP contribution in [0.2, 0.25) is 5.02 Å². The SMILES string of the molecule is CCCNC(=O)[C@H](C)N(Cc1ccc(Cl)cc1)C(=O)CN(c1ccc(C)cc1C)S(C)(=O)=O. The number of benzene rings is 2. The monoisotopic (exact) mass is 493 g/mol. The van der Waals surface area contributed by atoms with Gasteiger partial charge in [-0.15, -0.1) is 0 Å². The Hall–Kier alpha value is -2.58. The van der Waals surface area contributed by atoms with Crippen LogP contribution in [0.5, 0.6) is 0 Å². The molecule has 0 fully saturated rings. The Balaban J connectivity index is 2.39. The third kappa shape index (κ3) is 7.47. The Morgan fingerprint density at radius 3 is 2.27 bits per heavy atom. The summed E-state index contributed by atoms with van der Waals surface area (Å²) in [5.74, 6) is -0.772. The standard InChI is InChI=1S/C24H32ClN3O4S/c1-6-13-26-24(30)19(4)27(15-20-8-10-21(25)11-9-20)23(29)16-28(33(5,31)32)22-12-7-17(2)14-18(22)3/h7-12,14,19H,6,13,15-16H2,1-5H3,(H,26,30)/t19-/m0/s1. The molecule has 33 heavy (non-hydrogen) atoms. The molecule has 0 saturated heterocycles. The van der Waals surface area contributed by atoms with E-state index in [-0.39, 0.29) is 12.5 Å². The summed E-state index contributed by atoms with van der Waals surface area (Å²) in [7, 11) is -3.75. The van der Waals surface area contributed by atoms with Gasteiger partial charge in [0.05, 0.1) is 11.9 Å². The molecule has 0 aliphatic rings. The van der Waals surface area contributed by atoms with Gasteiger partial charge in [-0.05, 0) is 56.5 Å². The van der Waals surface area contributed by atoms with Crippen molar-refractivity contribution < 1.29 is 18.0 Å². The normalized spacial score (nSPS) is 12.2. The summed E-state index contributed by atoms with van der Waals surface area (Å²) < 4.78 is 26.4. The van der Waals surface area contributed by atoms with Crippen LogP contribution in [0.15, 0.2) is 42.5 Å². The number of nitrogens with one attached hydrogen (secondary N) is 1. The van der Waals surface area contributed by atoms with E-state index < -0.39 is 28.5 Å². The number of amides is 2. The molecule has 0 radical (unpaired) electrons. The van der Waals surface area contributed by atoms with Crippen LogP contribution in [0, 0.1) is 13.8 Å². The first kappa shape index (κ1) is 26.7. The molecule has 2 amide bonds. The molecule has 2 aromatic carbocycles. The van der Waals surface area contributed by atoms with Gasteiger partial charge in [-0.1, -0.05) is 48.4 Å². The van der Waals surface area contributed by atoms with Crippen LogP contribution >= 0.6 is 11.6 Å². The summed E-state index contributed by atoms with van der Waals surface area (Å²) in [5.41, 5.74) is 2.94. The van der Waals surface area contributed by atoms with Gasteiger partial charge in [0.2, 0.25) is 21.8 Å². The Kier molecular flexibility index (Phi) is 9.31. The van der Waals surface area contributed by atoms with Gasteiger partial charge < -0.3 is 10.2 Å². The molecular formula is C24H32ClN3O4S. The fourth-order valence-corrected chi connectivity index (χ4v) is 4.48. The average Bonchev–Trinajstić information content (AvgIpc) is 2.74.